The molecule has 0 spiro atoms. The molecule has 0 aliphatic heterocycles. The van der Waals surface area contributed by atoms with Gasteiger partial charge in [-0.2, -0.15) is 5.10 Å². The Hall–Kier alpha value is -1.88. The van der Waals surface area contributed by atoms with Crippen molar-refractivity contribution in [3.05, 3.63) is 35.8 Å². The zero-order chi connectivity index (χ0) is 11.5. The summed E-state index contributed by atoms with van der Waals surface area (Å²) in [7, 11) is 1.53. The highest BCUT2D eigenvalue weighted by Gasteiger charge is 2.10. The van der Waals surface area contributed by atoms with Gasteiger partial charge in [0, 0.05) is 17.8 Å². The number of nitrogens with two attached hydrogens (primary N) is 1. The van der Waals surface area contributed by atoms with E-state index < -0.39 is 0 Å². The van der Waals surface area contributed by atoms with E-state index in [-0.39, 0.29) is 5.82 Å². The normalized spacial score (nSPS) is 10.4. The molecule has 0 atom stereocenters. The summed E-state index contributed by atoms with van der Waals surface area (Å²) in [6, 6.07) is 6.08. The monoisotopic (exact) mass is 221 g/mol. The highest BCUT2D eigenvalue weighted by atomic mass is 19.1. The fourth-order valence-electron chi connectivity index (χ4n) is 1.48. The van der Waals surface area contributed by atoms with Gasteiger partial charge >= 0.3 is 0 Å². The van der Waals surface area contributed by atoms with Gasteiger partial charge in [0.2, 0.25) is 0 Å². The van der Waals surface area contributed by atoms with Crippen molar-refractivity contribution in [3.8, 4) is 17.0 Å². The van der Waals surface area contributed by atoms with Gasteiger partial charge in [0.05, 0.1) is 12.8 Å². The molecule has 0 bridgehead atoms. The van der Waals surface area contributed by atoms with E-state index in [0.29, 0.717) is 23.6 Å². The summed E-state index contributed by atoms with van der Waals surface area (Å²) < 4.78 is 18.3. The third-order valence-electron chi connectivity index (χ3n) is 2.29. The van der Waals surface area contributed by atoms with Crippen molar-refractivity contribution in [3.63, 3.8) is 0 Å². The third kappa shape index (κ3) is 1.90. The lowest BCUT2D eigenvalue weighted by Gasteiger charge is -2.05. The van der Waals surface area contributed by atoms with Gasteiger partial charge in [-0.1, -0.05) is 0 Å². The average molecular weight is 221 g/mol. The van der Waals surface area contributed by atoms with Crippen LogP contribution in [0.3, 0.4) is 0 Å². The molecule has 4 nitrogen and oxygen atoms in total. The van der Waals surface area contributed by atoms with Gasteiger partial charge in [-0.15, -0.1) is 0 Å². The molecular weight excluding hydrogens is 209 g/mol. The van der Waals surface area contributed by atoms with Crippen LogP contribution in [-0.4, -0.2) is 17.3 Å². The highest BCUT2D eigenvalue weighted by molar-refractivity contribution is 5.67. The van der Waals surface area contributed by atoms with Gasteiger partial charge in [0.15, 0.2) is 0 Å². The zero-order valence-corrected chi connectivity index (χ0v) is 8.83. The lowest BCUT2D eigenvalue weighted by molar-refractivity contribution is 0.415. The number of nitrogens with zero attached hydrogens (tertiary/aromatic N) is 1. The molecule has 84 valence electrons. The van der Waals surface area contributed by atoms with Gasteiger partial charge in [0.1, 0.15) is 11.6 Å². The standard InChI is InChI=1S/C11H12FN3O/c1-16-11-3-2-7(12)4-9(11)10-5-8(6-13)14-15-10/h2-5H,6,13H2,1H3,(H,14,15). The van der Waals surface area contributed by atoms with Crippen molar-refractivity contribution in [1.82, 2.24) is 10.2 Å². The number of benzene rings is 1. The van der Waals surface area contributed by atoms with E-state index in [2.05, 4.69) is 10.2 Å². The van der Waals surface area contributed by atoms with E-state index in [4.69, 9.17) is 10.5 Å². The number of rotatable bonds is 3. The first-order chi connectivity index (χ1) is 7.74. The van der Waals surface area contributed by atoms with Crippen molar-refractivity contribution >= 4 is 0 Å². The quantitative estimate of drug-likeness (QED) is 0.828. The molecule has 0 amide bonds. The van der Waals surface area contributed by atoms with Crippen LogP contribution in [0, 0.1) is 5.82 Å². The molecule has 1 aromatic carbocycles. The van der Waals surface area contributed by atoms with Crippen molar-refractivity contribution in [2.24, 2.45) is 5.73 Å². The maximum Gasteiger partial charge on any atom is 0.128 e. The Morgan fingerprint density at radius 2 is 2.25 bits per heavy atom. The lowest BCUT2D eigenvalue weighted by Crippen LogP contribution is -1.95. The van der Waals surface area contributed by atoms with E-state index in [1.807, 2.05) is 0 Å². The minimum atomic E-state index is -0.326. The number of methoxy groups -OCH3 is 1. The number of aromatic nitrogens is 2. The van der Waals surface area contributed by atoms with E-state index in [1.54, 1.807) is 12.1 Å². The second-order valence-electron chi connectivity index (χ2n) is 3.33. The lowest BCUT2D eigenvalue weighted by atomic mass is 10.1. The summed E-state index contributed by atoms with van der Waals surface area (Å²) in [5.41, 5.74) is 7.49. The van der Waals surface area contributed by atoms with E-state index in [0.717, 1.165) is 5.69 Å². The third-order valence-corrected chi connectivity index (χ3v) is 2.29. The summed E-state index contributed by atoms with van der Waals surface area (Å²) in [4.78, 5) is 0. The molecule has 0 radical (unpaired) electrons. The molecule has 2 rings (SSSR count). The second kappa shape index (κ2) is 4.32. The Bertz CT molecular complexity index is 496. The molecule has 1 aromatic heterocycles. The summed E-state index contributed by atoms with van der Waals surface area (Å²) in [6.07, 6.45) is 0. The summed E-state index contributed by atoms with van der Waals surface area (Å²) >= 11 is 0. The van der Waals surface area contributed by atoms with Crippen molar-refractivity contribution in [1.29, 1.82) is 0 Å². The molecule has 0 aliphatic carbocycles. The predicted molar refractivity (Wildman–Crippen MR) is 58.4 cm³/mol. The van der Waals surface area contributed by atoms with Crippen LogP contribution < -0.4 is 10.5 Å². The van der Waals surface area contributed by atoms with Gasteiger partial charge in [0.25, 0.3) is 0 Å². The Kier molecular flexibility index (Phi) is 2.87. The summed E-state index contributed by atoms with van der Waals surface area (Å²) in [6.45, 7) is 0.366. The first-order valence-corrected chi connectivity index (χ1v) is 4.83. The fraction of sp³-hybridized carbons (Fsp3) is 0.182. The Morgan fingerprint density at radius 1 is 1.44 bits per heavy atom. The molecule has 5 heteroatoms. The van der Waals surface area contributed by atoms with Crippen LogP contribution in [0.2, 0.25) is 0 Å². The van der Waals surface area contributed by atoms with Crippen LogP contribution in [0.4, 0.5) is 4.39 Å². The van der Waals surface area contributed by atoms with Gasteiger partial charge in [-0.05, 0) is 24.3 Å². The molecule has 0 saturated heterocycles. The Labute approximate surface area is 92.2 Å². The summed E-state index contributed by atoms with van der Waals surface area (Å²) in [5, 5.41) is 6.83. The van der Waals surface area contributed by atoms with Crippen LogP contribution in [0.5, 0.6) is 5.75 Å². The number of hydrogen-bond donors (Lipinski definition) is 2. The van der Waals surface area contributed by atoms with E-state index >= 15 is 0 Å². The second-order valence-corrected chi connectivity index (χ2v) is 3.33. The van der Waals surface area contributed by atoms with Gasteiger partial charge < -0.3 is 10.5 Å². The molecule has 1 heterocycles. The predicted octanol–water partition coefficient (Wildman–Crippen LogP) is 1.68. The maximum atomic E-state index is 13.1. The largest absolute Gasteiger partial charge is 0.496 e. The number of ether oxygens (including phenoxy) is 1. The molecule has 3 N–H and O–H groups in total. The highest BCUT2D eigenvalue weighted by Crippen LogP contribution is 2.29. The molecule has 0 aliphatic rings. The SMILES string of the molecule is COc1ccc(F)cc1-c1cc(CN)[nH]n1. The number of aromatic amines is 1. The zero-order valence-electron chi connectivity index (χ0n) is 8.83. The average Bonchev–Trinajstić information content (AvgIpc) is 2.77. The molecule has 0 unspecified atom stereocenters. The minimum Gasteiger partial charge on any atom is -0.496 e. The van der Waals surface area contributed by atoms with E-state index in [1.165, 1.54) is 19.2 Å². The Morgan fingerprint density at radius 3 is 2.88 bits per heavy atom. The number of halogens is 1. The number of H-pyrrole nitrogens is 1. The molecule has 0 saturated carbocycles. The number of hydrogen-bond acceptors (Lipinski definition) is 3. The molecule has 2 aromatic rings. The van der Waals surface area contributed by atoms with Crippen LogP contribution in [-0.2, 0) is 6.54 Å². The number of nitrogens with one attached hydrogen (secondary N) is 1. The first kappa shape index (κ1) is 10.6. The minimum absolute atomic E-state index is 0.326. The molecule has 16 heavy (non-hydrogen) atoms. The fourth-order valence-corrected chi connectivity index (χ4v) is 1.48. The van der Waals surface area contributed by atoms with E-state index in [9.17, 15) is 4.39 Å². The Balaban J connectivity index is 2.49. The van der Waals surface area contributed by atoms with Gasteiger partial charge in [-0.25, -0.2) is 4.39 Å². The van der Waals surface area contributed by atoms with Crippen molar-refractivity contribution in [2.45, 2.75) is 6.54 Å². The molecule has 0 fully saturated rings. The first-order valence-electron chi connectivity index (χ1n) is 4.83. The van der Waals surface area contributed by atoms with Gasteiger partial charge in [-0.3, -0.25) is 5.10 Å². The smallest absolute Gasteiger partial charge is 0.128 e. The van der Waals surface area contributed by atoms with Crippen molar-refractivity contribution < 1.29 is 9.13 Å². The van der Waals surface area contributed by atoms with Crippen LogP contribution in [0.15, 0.2) is 24.3 Å². The van der Waals surface area contributed by atoms with Crippen LogP contribution in [0.1, 0.15) is 5.69 Å². The molecular formula is C11H12FN3O. The van der Waals surface area contributed by atoms with Crippen LogP contribution in [0.25, 0.3) is 11.3 Å². The van der Waals surface area contributed by atoms with Crippen LogP contribution >= 0.6 is 0 Å². The topological polar surface area (TPSA) is 63.9 Å². The summed E-state index contributed by atoms with van der Waals surface area (Å²) in [5.74, 6) is 0.254. The van der Waals surface area contributed by atoms with Crippen molar-refractivity contribution in [2.75, 3.05) is 7.11 Å². The maximum absolute atomic E-state index is 13.1.